The Balaban J connectivity index is 1.84. The van der Waals surface area contributed by atoms with Crippen molar-refractivity contribution >= 4 is 21.6 Å². The summed E-state index contributed by atoms with van der Waals surface area (Å²) in [4.78, 5) is 0.285. The molecule has 0 radical (unpaired) electrons. The predicted octanol–water partition coefficient (Wildman–Crippen LogP) is 1.14. The maximum atomic E-state index is 12.3. The van der Waals surface area contributed by atoms with E-state index in [0.717, 1.165) is 18.7 Å². The third-order valence-electron chi connectivity index (χ3n) is 3.82. The van der Waals surface area contributed by atoms with Crippen molar-refractivity contribution in [3.63, 3.8) is 0 Å². The zero-order valence-corrected chi connectivity index (χ0v) is 11.6. The Bertz CT molecular complexity index is 578. The fraction of sp³-hybridized carbons (Fsp3) is 0.500. The van der Waals surface area contributed by atoms with Crippen LogP contribution in [-0.4, -0.2) is 27.5 Å². The van der Waals surface area contributed by atoms with E-state index in [-0.39, 0.29) is 10.9 Å². The molecule has 1 saturated heterocycles. The van der Waals surface area contributed by atoms with Crippen LogP contribution in [0.5, 0.6) is 0 Å². The van der Waals surface area contributed by atoms with Gasteiger partial charge < -0.3 is 5.32 Å². The van der Waals surface area contributed by atoms with Gasteiger partial charge in [0, 0.05) is 11.1 Å². The number of rotatable bonds is 3. The van der Waals surface area contributed by atoms with E-state index < -0.39 is 10.0 Å². The fourth-order valence-corrected chi connectivity index (χ4v) is 4.54. The molecule has 2 fully saturated rings. The summed E-state index contributed by atoms with van der Waals surface area (Å²) in [5.74, 6) is 0.915. The molecule has 1 heterocycles. The molecule has 18 heavy (non-hydrogen) atoms. The van der Waals surface area contributed by atoms with Crippen LogP contribution >= 0.6 is 11.6 Å². The van der Waals surface area contributed by atoms with Crippen molar-refractivity contribution in [2.45, 2.75) is 17.9 Å². The van der Waals surface area contributed by atoms with E-state index in [4.69, 9.17) is 11.6 Å². The van der Waals surface area contributed by atoms with E-state index in [1.807, 2.05) is 0 Å². The Morgan fingerprint density at radius 1 is 1.33 bits per heavy atom. The van der Waals surface area contributed by atoms with Gasteiger partial charge in [0.2, 0.25) is 10.0 Å². The Hall–Kier alpha value is -0.620. The van der Waals surface area contributed by atoms with Crippen LogP contribution in [0.1, 0.15) is 5.56 Å². The van der Waals surface area contributed by atoms with Crippen LogP contribution in [-0.2, 0) is 10.0 Å². The van der Waals surface area contributed by atoms with Gasteiger partial charge in [0.1, 0.15) is 0 Å². The van der Waals surface area contributed by atoms with Crippen molar-refractivity contribution in [1.29, 1.82) is 0 Å². The lowest BCUT2D eigenvalue weighted by Gasteiger charge is -2.11. The average Bonchev–Trinajstić information content (AvgIpc) is 2.77. The summed E-state index contributed by atoms with van der Waals surface area (Å²) < 4.78 is 27.4. The Kier molecular flexibility index (Phi) is 2.90. The number of sulfonamides is 1. The number of fused-ring (bicyclic) bond motifs is 1. The molecule has 1 aliphatic carbocycles. The zero-order valence-electron chi connectivity index (χ0n) is 9.98. The van der Waals surface area contributed by atoms with Gasteiger partial charge in [-0.1, -0.05) is 17.7 Å². The van der Waals surface area contributed by atoms with Gasteiger partial charge in [-0.3, -0.25) is 0 Å². The summed E-state index contributed by atoms with van der Waals surface area (Å²) in [6.07, 6.45) is 0. The van der Waals surface area contributed by atoms with Crippen LogP contribution < -0.4 is 10.0 Å². The smallest absolute Gasteiger partial charge is 0.241 e. The Labute approximate surface area is 112 Å². The van der Waals surface area contributed by atoms with Gasteiger partial charge in [0.05, 0.1) is 4.90 Å². The number of halogens is 1. The van der Waals surface area contributed by atoms with Crippen molar-refractivity contribution < 1.29 is 8.42 Å². The lowest BCUT2D eigenvalue weighted by Crippen LogP contribution is -2.32. The zero-order chi connectivity index (χ0) is 12.9. The molecule has 2 aliphatic rings. The maximum absolute atomic E-state index is 12.3. The molecular weight excluding hydrogens is 272 g/mol. The van der Waals surface area contributed by atoms with Crippen LogP contribution in [0.15, 0.2) is 23.1 Å². The van der Waals surface area contributed by atoms with Crippen LogP contribution in [0, 0.1) is 18.8 Å². The molecule has 0 bridgehead atoms. The summed E-state index contributed by atoms with van der Waals surface area (Å²) in [6, 6.07) is 5.03. The van der Waals surface area contributed by atoms with Gasteiger partial charge >= 0.3 is 0 Å². The van der Waals surface area contributed by atoms with Gasteiger partial charge in [0.25, 0.3) is 0 Å². The number of nitrogens with one attached hydrogen (secondary N) is 2. The highest BCUT2D eigenvalue weighted by molar-refractivity contribution is 7.89. The van der Waals surface area contributed by atoms with Crippen molar-refractivity contribution in [2.24, 2.45) is 11.8 Å². The topological polar surface area (TPSA) is 58.2 Å². The standard InChI is InChI=1S/C12H15ClN2O2S/c1-7-2-3-8(13)4-11(7)18(16,17)15-12-9-5-14-6-10(9)12/h2-4,9-10,12,14-15H,5-6H2,1H3. The first-order valence-electron chi connectivity index (χ1n) is 5.98. The summed E-state index contributed by atoms with van der Waals surface area (Å²) in [5, 5.41) is 3.69. The van der Waals surface area contributed by atoms with E-state index in [1.54, 1.807) is 19.1 Å². The van der Waals surface area contributed by atoms with Gasteiger partial charge in [-0.2, -0.15) is 0 Å². The average molecular weight is 287 g/mol. The molecule has 1 aromatic rings. The number of hydrogen-bond acceptors (Lipinski definition) is 3. The van der Waals surface area contributed by atoms with E-state index in [0.29, 0.717) is 16.9 Å². The largest absolute Gasteiger partial charge is 0.316 e. The quantitative estimate of drug-likeness (QED) is 0.876. The van der Waals surface area contributed by atoms with Gasteiger partial charge in [-0.15, -0.1) is 0 Å². The van der Waals surface area contributed by atoms with E-state index >= 15 is 0 Å². The Morgan fingerprint density at radius 3 is 2.67 bits per heavy atom. The molecule has 0 aromatic heterocycles. The van der Waals surface area contributed by atoms with Gasteiger partial charge in [-0.25, -0.2) is 13.1 Å². The van der Waals surface area contributed by atoms with E-state index in [1.165, 1.54) is 6.07 Å². The normalized spacial score (nSPS) is 30.2. The highest BCUT2D eigenvalue weighted by Gasteiger charge is 2.54. The van der Waals surface area contributed by atoms with E-state index in [2.05, 4.69) is 10.0 Å². The number of aryl methyl sites for hydroxylation is 1. The molecule has 2 atom stereocenters. The third-order valence-corrected chi connectivity index (χ3v) is 5.66. The first kappa shape index (κ1) is 12.4. The number of benzene rings is 1. The predicted molar refractivity (Wildman–Crippen MR) is 70.1 cm³/mol. The fourth-order valence-electron chi connectivity index (χ4n) is 2.70. The lowest BCUT2D eigenvalue weighted by atomic mass is 10.2. The molecular formula is C12H15ClN2O2S. The third kappa shape index (κ3) is 2.05. The molecule has 4 nitrogen and oxygen atoms in total. The second kappa shape index (κ2) is 4.20. The summed E-state index contributed by atoms with van der Waals surface area (Å²) in [6.45, 7) is 3.60. The summed E-state index contributed by atoms with van der Waals surface area (Å²) in [5.41, 5.74) is 0.718. The molecule has 6 heteroatoms. The number of piperidine rings is 1. The van der Waals surface area contributed by atoms with Crippen molar-refractivity contribution in [1.82, 2.24) is 10.0 Å². The molecule has 1 saturated carbocycles. The molecule has 1 aliphatic heterocycles. The monoisotopic (exact) mass is 286 g/mol. The first-order valence-corrected chi connectivity index (χ1v) is 7.84. The minimum Gasteiger partial charge on any atom is -0.316 e. The molecule has 3 rings (SSSR count). The maximum Gasteiger partial charge on any atom is 0.241 e. The Morgan fingerprint density at radius 2 is 2.00 bits per heavy atom. The van der Waals surface area contributed by atoms with Gasteiger partial charge in [-0.05, 0) is 49.5 Å². The molecule has 1 aromatic carbocycles. The van der Waals surface area contributed by atoms with Crippen molar-refractivity contribution in [3.05, 3.63) is 28.8 Å². The minimum atomic E-state index is -3.45. The first-order chi connectivity index (χ1) is 8.49. The second-order valence-electron chi connectivity index (χ2n) is 5.04. The van der Waals surface area contributed by atoms with E-state index in [9.17, 15) is 8.42 Å². The highest BCUT2D eigenvalue weighted by atomic mass is 35.5. The van der Waals surface area contributed by atoms with Crippen LogP contribution in [0.25, 0.3) is 0 Å². The summed E-state index contributed by atoms with van der Waals surface area (Å²) >= 11 is 5.87. The SMILES string of the molecule is Cc1ccc(Cl)cc1S(=O)(=O)NC1C2CNCC21. The summed E-state index contributed by atoms with van der Waals surface area (Å²) in [7, 11) is -3.45. The molecule has 0 amide bonds. The molecule has 2 unspecified atom stereocenters. The van der Waals surface area contributed by atoms with Crippen molar-refractivity contribution in [3.8, 4) is 0 Å². The second-order valence-corrected chi connectivity index (χ2v) is 7.16. The highest BCUT2D eigenvalue weighted by Crippen LogP contribution is 2.42. The van der Waals surface area contributed by atoms with Crippen LogP contribution in [0.4, 0.5) is 0 Å². The van der Waals surface area contributed by atoms with Crippen molar-refractivity contribution in [2.75, 3.05) is 13.1 Å². The molecule has 2 N–H and O–H groups in total. The molecule has 0 spiro atoms. The molecule has 98 valence electrons. The lowest BCUT2D eigenvalue weighted by molar-refractivity contribution is 0.564. The number of hydrogen-bond donors (Lipinski definition) is 2. The van der Waals surface area contributed by atoms with Crippen LogP contribution in [0.2, 0.25) is 5.02 Å². The van der Waals surface area contributed by atoms with Crippen LogP contribution in [0.3, 0.4) is 0 Å². The minimum absolute atomic E-state index is 0.0923. The van der Waals surface area contributed by atoms with Gasteiger partial charge in [0.15, 0.2) is 0 Å².